The SMILES string of the molecule is COc1cccc(CN(Cc2nc(C(=O)NC(C)C)co2)C(C)C)c1OC. The molecular weight excluding hydrogens is 346 g/mol. The largest absolute Gasteiger partial charge is 0.493 e. The zero-order chi connectivity index (χ0) is 20.0. The number of amides is 1. The number of methoxy groups -OCH3 is 2. The highest BCUT2D eigenvalue weighted by Crippen LogP contribution is 2.32. The van der Waals surface area contributed by atoms with Crippen molar-refractivity contribution in [2.45, 2.75) is 52.9 Å². The van der Waals surface area contributed by atoms with Gasteiger partial charge in [-0.15, -0.1) is 0 Å². The van der Waals surface area contributed by atoms with Crippen LogP contribution in [0.4, 0.5) is 0 Å². The molecule has 1 amide bonds. The van der Waals surface area contributed by atoms with Gasteiger partial charge in [-0.2, -0.15) is 0 Å². The number of hydrogen-bond donors (Lipinski definition) is 1. The molecule has 0 saturated carbocycles. The summed E-state index contributed by atoms with van der Waals surface area (Å²) in [4.78, 5) is 18.6. The lowest BCUT2D eigenvalue weighted by atomic mass is 10.1. The molecule has 1 aromatic carbocycles. The zero-order valence-electron chi connectivity index (χ0n) is 16.9. The molecule has 0 aliphatic rings. The van der Waals surface area contributed by atoms with Crippen LogP contribution < -0.4 is 14.8 Å². The Hall–Kier alpha value is -2.54. The predicted molar refractivity (Wildman–Crippen MR) is 103 cm³/mol. The van der Waals surface area contributed by atoms with E-state index < -0.39 is 0 Å². The van der Waals surface area contributed by atoms with E-state index in [1.165, 1.54) is 6.26 Å². The first-order valence-corrected chi connectivity index (χ1v) is 9.04. The summed E-state index contributed by atoms with van der Waals surface area (Å²) < 4.78 is 16.4. The molecule has 1 aromatic heterocycles. The third-order valence-corrected chi connectivity index (χ3v) is 4.13. The van der Waals surface area contributed by atoms with Crippen LogP contribution in [0.3, 0.4) is 0 Å². The lowest BCUT2D eigenvalue weighted by Gasteiger charge is -2.26. The molecule has 0 spiro atoms. The number of rotatable bonds is 9. The van der Waals surface area contributed by atoms with Gasteiger partial charge in [-0.05, 0) is 33.8 Å². The number of carbonyl (C=O) groups is 1. The molecule has 0 unspecified atom stereocenters. The quantitative estimate of drug-likeness (QED) is 0.725. The maximum atomic E-state index is 12.1. The van der Waals surface area contributed by atoms with Gasteiger partial charge in [-0.3, -0.25) is 9.69 Å². The fourth-order valence-corrected chi connectivity index (χ4v) is 2.72. The first-order valence-electron chi connectivity index (χ1n) is 9.04. The zero-order valence-corrected chi connectivity index (χ0v) is 16.9. The minimum atomic E-state index is -0.231. The van der Waals surface area contributed by atoms with Gasteiger partial charge in [-0.1, -0.05) is 12.1 Å². The van der Waals surface area contributed by atoms with Gasteiger partial charge in [0.15, 0.2) is 17.2 Å². The summed E-state index contributed by atoms with van der Waals surface area (Å²) in [5.74, 6) is 1.68. The maximum Gasteiger partial charge on any atom is 0.273 e. The Labute approximate surface area is 160 Å². The first-order chi connectivity index (χ1) is 12.8. The molecule has 0 saturated heterocycles. The van der Waals surface area contributed by atoms with Crippen molar-refractivity contribution >= 4 is 5.91 Å². The molecule has 0 atom stereocenters. The number of nitrogens with one attached hydrogen (secondary N) is 1. The number of benzene rings is 1. The van der Waals surface area contributed by atoms with Crippen LogP contribution in [0.1, 0.15) is 49.6 Å². The van der Waals surface area contributed by atoms with Crippen molar-refractivity contribution in [2.24, 2.45) is 0 Å². The molecule has 1 N–H and O–H groups in total. The molecule has 0 bridgehead atoms. The second-order valence-corrected chi connectivity index (χ2v) is 6.91. The van der Waals surface area contributed by atoms with Crippen LogP contribution in [-0.2, 0) is 13.1 Å². The Balaban J connectivity index is 2.16. The molecule has 2 aromatic rings. The number of carbonyl (C=O) groups excluding carboxylic acids is 1. The van der Waals surface area contributed by atoms with Crippen LogP contribution in [0.15, 0.2) is 28.9 Å². The van der Waals surface area contributed by atoms with Crippen molar-refractivity contribution in [2.75, 3.05) is 14.2 Å². The minimum absolute atomic E-state index is 0.0466. The van der Waals surface area contributed by atoms with E-state index in [0.717, 1.165) is 11.3 Å². The Morgan fingerprint density at radius 2 is 1.93 bits per heavy atom. The van der Waals surface area contributed by atoms with Crippen molar-refractivity contribution in [3.8, 4) is 11.5 Å². The van der Waals surface area contributed by atoms with Crippen molar-refractivity contribution in [1.29, 1.82) is 0 Å². The number of para-hydroxylation sites is 1. The third-order valence-electron chi connectivity index (χ3n) is 4.13. The number of aromatic nitrogens is 1. The molecule has 0 radical (unpaired) electrons. The number of nitrogens with zero attached hydrogens (tertiary/aromatic N) is 2. The highest BCUT2D eigenvalue weighted by atomic mass is 16.5. The van der Waals surface area contributed by atoms with E-state index in [1.54, 1.807) is 14.2 Å². The summed E-state index contributed by atoms with van der Waals surface area (Å²) in [5.41, 5.74) is 1.30. The lowest BCUT2D eigenvalue weighted by Crippen LogP contribution is -2.31. The summed E-state index contributed by atoms with van der Waals surface area (Å²) in [5, 5.41) is 2.81. The van der Waals surface area contributed by atoms with Crippen LogP contribution in [0.25, 0.3) is 0 Å². The van der Waals surface area contributed by atoms with Gasteiger partial charge >= 0.3 is 0 Å². The number of hydrogen-bond acceptors (Lipinski definition) is 6. The van der Waals surface area contributed by atoms with Gasteiger partial charge in [0.2, 0.25) is 5.89 Å². The van der Waals surface area contributed by atoms with Crippen molar-refractivity contribution < 1.29 is 18.7 Å². The molecule has 0 aliphatic carbocycles. The molecule has 27 heavy (non-hydrogen) atoms. The Morgan fingerprint density at radius 3 is 2.52 bits per heavy atom. The summed E-state index contributed by atoms with van der Waals surface area (Å²) in [6, 6.07) is 6.10. The summed E-state index contributed by atoms with van der Waals surface area (Å²) >= 11 is 0. The lowest BCUT2D eigenvalue weighted by molar-refractivity contribution is 0.0938. The van der Waals surface area contributed by atoms with Gasteiger partial charge < -0.3 is 19.2 Å². The van der Waals surface area contributed by atoms with E-state index in [-0.39, 0.29) is 18.0 Å². The highest BCUT2D eigenvalue weighted by molar-refractivity contribution is 5.92. The summed E-state index contributed by atoms with van der Waals surface area (Å²) in [6.07, 6.45) is 1.40. The fourth-order valence-electron chi connectivity index (χ4n) is 2.72. The standard InChI is InChI=1S/C20H29N3O4/c1-13(2)21-20(24)16-12-27-18(22-16)11-23(14(3)4)10-15-8-7-9-17(25-5)19(15)26-6/h7-9,12-14H,10-11H2,1-6H3,(H,21,24). The van der Waals surface area contributed by atoms with E-state index >= 15 is 0 Å². The van der Waals surface area contributed by atoms with E-state index in [4.69, 9.17) is 13.9 Å². The molecule has 7 nitrogen and oxygen atoms in total. The van der Waals surface area contributed by atoms with Gasteiger partial charge in [0, 0.05) is 24.2 Å². The predicted octanol–water partition coefficient (Wildman–Crippen LogP) is 3.24. The topological polar surface area (TPSA) is 76.8 Å². The van der Waals surface area contributed by atoms with Crippen LogP contribution in [0.5, 0.6) is 11.5 Å². The number of oxazole rings is 1. The third kappa shape index (κ3) is 5.47. The Morgan fingerprint density at radius 1 is 1.19 bits per heavy atom. The molecule has 2 rings (SSSR count). The van der Waals surface area contributed by atoms with E-state index in [9.17, 15) is 4.79 Å². The monoisotopic (exact) mass is 375 g/mol. The normalized spacial score (nSPS) is 11.3. The molecule has 0 fully saturated rings. The van der Waals surface area contributed by atoms with Crippen LogP contribution in [0.2, 0.25) is 0 Å². The molecule has 0 aliphatic heterocycles. The van der Waals surface area contributed by atoms with Crippen molar-refractivity contribution in [3.63, 3.8) is 0 Å². The maximum absolute atomic E-state index is 12.1. The summed E-state index contributed by atoms with van der Waals surface area (Å²) in [6.45, 7) is 9.12. The summed E-state index contributed by atoms with van der Waals surface area (Å²) in [7, 11) is 3.26. The minimum Gasteiger partial charge on any atom is -0.493 e. The van der Waals surface area contributed by atoms with Crippen LogP contribution >= 0.6 is 0 Å². The smallest absolute Gasteiger partial charge is 0.273 e. The molecular formula is C20H29N3O4. The van der Waals surface area contributed by atoms with Gasteiger partial charge in [0.1, 0.15) is 6.26 Å². The fraction of sp³-hybridized carbons (Fsp3) is 0.500. The Kier molecular flexibility index (Phi) is 7.24. The van der Waals surface area contributed by atoms with Crippen LogP contribution in [-0.4, -0.2) is 42.1 Å². The molecule has 7 heteroatoms. The van der Waals surface area contributed by atoms with Crippen LogP contribution in [0, 0.1) is 0 Å². The number of ether oxygens (including phenoxy) is 2. The average molecular weight is 375 g/mol. The highest BCUT2D eigenvalue weighted by Gasteiger charge is 2.19. The average Bonchev–Trinajstić information content (AvgIpc) is 3.09. The van der Waals surface area contributed by atoms with E-state index in [1.807, 2.05) is 32.0 Å². The van der Waals surface area contributed by atoms with E-state index in [2.05, 4.69) is 29.0 Å². The second kappa shape index (κ2) is 9.41. The van der Waals surface area contributed by atoms with Gasteiger partial charge in [0.25, 0.3) is 5.91 Å². The van der Waals surface area contributed by atoms with Crippen molar-refractivity contribution in [3.05, 3.63) is 41.6 Å². The molecule has 1 heterocycles. The van der Waals surface area contributed by atoms with E-state index in [0.29, 0.717) is 30.4 Å². The van der Waals surface area contributed by atoms with Gasteiger partial charge in [-0.25, -0.2) is 4.98 Å². The van der Waals surface area contributed by atoms with Crippen molar-refractivity contribution in [1.82, 2.24) is 15.2 Å². The first kappa shape index (κ1) is 20.8. The van der Waals surface area contributed by atoms with Gasteiger partial charge in [0.05, 0.1) is 20.8 Å². The second-order valence-electron chi connectivity index (χ2n) is 6.91. The Bertz CT molecular complexity index is 755. The molecule has 148 valence electrons.